The van der Waals surface area contributed by atoms with Crippen molar-refractivity contribution in [2.24, 2.45) is 5.92 Å². The van der Waals surface area contributed by atoms with Gasteiger partial charge in [-0.15, -0.1) is 0 Å². The number of hydrogen-bond acceptors (Lipinski definition) is 4. The molecular formula is C13H21N3S. The maximum absolute atomic E-state index is 4.42. The average molecular weight is 251 g/mol. The fourth-order valence-electron chi connectivity index (χ4n) is 2.21. The molecule has 3 nitrogen and oxygen atoms in total. The molecule has 0 aromatic carbocycles. The van der Waals surface area contributed by atoms with Crippen LogP contribution in [0.15, 0.2) is 12.4 Å². The van der Waals surface area contributed by atoms with E-state index in [0.717, 1.165) is 29.7 Å². The minimum atomic E-state index is 0.872. The lowest BCUT2D eigenvalue weighted by atomic mass is 10.1. The van der Waals surface area contributed by atoms with E-state index in [9.17, 15) is 0 Å². The number of aromatic nitrogens is 2. The Kier molecular flexibility index (Phi) is 5.10. The van der Waals surface area contributed by atoms with Gasteiger partial charge in [0.2, 0.25) is 0 Å². The number of nitrogens with one attached hydrogen (secondary N) is 1. The standard InChI is InChI=1S/C13H21N3S/c1-2-14-13-8-15-12(7-16-13)10-17-9-11-5-3-4-6-11/h7-8,11H,2-6,9-10H2,1H3,(H,14,16). The summed E-state index contributed by atoms with van der Waals surface area (Å²) < 4.78 is 0. The Morgan fingerprint density at radius 1 is 1.29 bits per heavy atom. The molecule has 1 aromatic heterocycles. The fourth-order valence-corrected chi connectivity index (χ4v) is 3.35. The largest absolute Gasteiger partial charge is 0.369 e. The number of hydrogen-bond donors (Lipinski definition) is 1. The highest BCUT2D eigenvalue weighted by atomic mass is 32.2. The number of thioether (sulfide) groups is 1. The van der Waals surface area contributed by atoms with Crippen LogP contribution in [0.2, 0.25) is 0 Å². The third-order valence-electron chi connectivity index (χ3n) is 3.14. The summed E-state index contributed by atoms with van der Waals surface area (Å²) >= 11 is 2.00. The van der Waals surface area contributed by atoms with Gasteiger partial charge in [-0.05, 0) is 31.4 Å². The molecule has 0 bridgehead atoms. The van der Waals surface area contributed by atoms with Gasteiger partial charge < -0.3 is 5.32 Å². The zero-order valence-corrected chi connectivity index (χ0v) is 11.3. The first-order valence-electron chi connectivity index (χ1n) is 6.51. The van der Waals surface area contributed by atoms with Crippen molar-refractivity contribution in [3.63, 3.8) is 0 Å². The highest BCUT2D eigenvalue weighted by molar-refractivity contribution is 7.98. The molecule has 0 atom stereocenters. The van der Waals surface area contributed by atoms with Crippen molar-refractivity contribution in [1.29, 1.82) is 0 Å². The summed E-state index contributed by atoms with van der Waals surface area (Å²) in [5, 5.41) is 3.16. The second-order valence-electron chi connectivity index (χ2n) is 4.59. The van der Waals surface area contributed by atoms with Gasteiger partial charge in [0, 0.05) is 12.3 Å². The lowest BCUT2D eigenvalue weighted by Gasteiger charge is -2.08. The summed E-state index contributed by atoms with van der Waals surface area (Å²) in [5.41, 5.74) is 1.09. The van der Waals surface area contributed by atoms with E-state index in [1.54, 1.807) is 0 Å². The lowest BCUT2D eigenvalue weighted by molar-refractivity contribution is 0.623. The van der Waals surface area contributed by atoms with E-state index in [2.05, 4.69) is 22.2 Å². The van der Waals surface area contributed by atoms with Crippen molar-refractivity contribution in [1.82, 2.24) is 9.97 Å². The Labute approximate surface area is 108 Å². The highest BCUT2D eigenvalue weighted by Crippen LogP contribution is 2.28. The van der Waals surface area contributed by atoms with Gasteiger partial charge in [0.15, 0.2) is 0 Å². The molecule has 1 saturated carbocycles. The fraction of sp³-hybridized carbons (Fsp3) is 0.692. The molecular weight excluding hydrogens is 230 g/mol. The number of rotatable bonds is 6. The predicted octanol–water partition coefficient (Wildman–Crippen LogP) is 3.33. The Hall–Kier alpha value is -0.770. The molecule has 0 amide bonds. The van der Waals surface area contributed by atoms with Gasteiger partial charge in [-0.3, -0.25) is 4.98 Å². The Balaban J connectivity index is 1.70. The van der Waals surface area contributed by atoms with E-state index < -0.39 is 0 Å². The summed E-state index contributed by atoms with van der Waals surface area (Å²) in [6.45, 7) is 2.96. The number of nitrogens with zero attached hydrogens (tertiary/aromatic N) is 2. The summed E-state index contributed by atoms with van der Waals surface area (Å²) in [4.78, 5) is 8.75. The first kappa shape index (κ1) is 12.7. The van der Waals surface area contributed by atoms with Crippen LogP contribution >= 0.6 is 11.8 Å². The first-order valence-corrected chi connectivity index (χ1v) is 7.66. The molecule has 0 spiro atoms. The highest BCUT2D eigenvalue weighted by Gasteiger charge is 2.14. The zero-order chi connectivity index (χ0) is 11.9. The minimum Gasteiger partial charge on any atom is -0.369 e. The van der Waals surface area contributed by atoms with Crippen LogP contribution in [0.3, 0.4) is 0 Å². The zero-order valence-electron chi connectivity index (χ0n) is 10.5. The van der Waals surface area contributed by atoms with Crippen LogP contribution in [-0.4, -0.2) is 22.3 Å². The maximum Gasteiger partial charge on any atom is 0.144 e. The summed E-state index contributed by atoms with van der Waals surface area (Å²) in [6.07, 6.45) is 9.44. The molecule has 2 rings (SSSR count). The number of anilines is 1. The van der Waals surface area contributed by atoms with Crippen LogP contribution in [0.25, 0.3) is 0 Å². The normalized spacial score (nSPS) is 16.3. The molecule has 1 aromatic rings. The van der Waals surface area contributed by atoms with Gasteiger partial charge in [-0.25, -0.2) is 4.98 Å². The topological polar surface area (TPSA) is 37.8 Å². The third-order valence-corrected chi connectivity index (χ3v) is 4.35. The minimum absolute atomic E-state index is 0.872. The van der Waals surface area contributed by atoms with E-state index >= 15 is 0 Å². The molecule has 0 radical (unpaired) electrons. The molecule has 1 heterocycles. The van der Waals surface area contributed by atoms with Gasteiger partial charge >= 0.3 is 0 Å². The maximum atomic E-state index is 4.42. The Morgan fingerprint density at radius 2 is 2.12 bits per heavy atom. The van der Waals surface area contributed by atoms with E-state index in [4.69, 9.17) is 0 Å². The van der Waals surface area contributed by atoms with Crippen molar-refractivity contribution >= 4 is 17.6 Å². The lowest BCUT2D eigenvalue weighted by Crippen LogP contribution is -2.01. The van der Waals surface area contributed by atoms with Crippen LogP contribution in [0.1, 0.15) is 38.3 Å². The third kappa shape index (κ3) is 4.19. The molecule has 17 heavy (non-hydrogen) atoms. The van der Waals surface area contributed by atoms with Crippen molar-refractivity contribution in [3.05, 3.63) is 18.1 Å². The van der Waals surface area contributed by atoms with Crippen LogP contribution in [0.4, 0.5) is 5.82 Å². The van der Waals surface area contributed by atoms with Gasteiger partial charge in [0.1, 0.15) is 5.82 Å². The molecule has 1 N–H and O–H groups in total. The van der Waals surface area contributed by atoms with Gasteiger partial charge in [-0.1, -0.05) is 12.8 Å². The van der Waals surface area contributed by atoms with E-state index in [0.29, 0.717) is 0 Å². The van der Waals surface area contributed by atoms with Gasteiger partial charge in [0.05, 0.1) is 18.1 Å². The summed E-state index contributed by atoms with van der Waals surface area (Å²) in [6, 6.07) is 0. The van der Waals surface area contributed by atoms with Crippen LogP contribution < -0.4 is 5.32 Å². The molecule has 0 aliphatic heterocycles. The smallest absolute Gasteiger partial charge is 0.144 e. The van der Waals surface area contributed by atoms with E-state index in [-0.39, 0.29) is 0 Å². The van der Waals surface area contributed by atoms with E-state index in [1.165, 1.54) is 31.4 Å². The molecule has 1 fully saturated rings. The van der Waals surface area contributed by atoms with E-state index in [1.807, 2.05) is 24.2 Å². The summed E-state index contributed by atoms with van der Waals surface area (Å²) in [7, 11) is 0. The predicted molar refractivity (Wildman–Crippen MR) is 74.3 cm³/mol. The van der Waals surface area contributed by atoms with Gasteiger partial charge in [-0.2, -0.15) is 11.8 Å². The monoisotopic (exact) mass is 251 g/mol. The van der Waals surface area contributed by atoms with Crippen LogP contribution in [-0.2, 0) is 5.75 Å². The van der Waals surface area contributed by atoms with Gasteiger partial charge in [0.25, 0.3) is 0 Å². The second-order valence-corrected chi connectivity index (χ2v) is 5.62. The molecule has 1 aliphatic carbocycles. The van der Waals surface area contributed by atoms with Crippen molar-refractivity contribution in [2.45, 2.75) is 38.4 Å². The molecule has 0 unspecified atom stereocenters. The Bertz CT molecular complexity index is 320. The average Bonchev–Trinajstić information content (AvgIpc) is 2.85. The molecule has 1 aliphatic rings. The van der Waals surface area contributed by atoms with Crippen LogP contribution in [0, 0.1) is 5.92 Å². The Morgan fingerprint density at radius 3 is 2.76 bits per heavy atom. The van der Waals surface area contributed by atoms with Crippen molar-refractivity contribution in [2.75, 3.05) is 17.6 Å². The molecule has 0 saturated heterocycles. The SMILES string of the molecule is CCNc1cnc(CSCC2CCCC2)cn1. The second kappa shape index (κ2) is 6.84. The molecule has 4 heteroatoms. The van der Waals surface area contributed by atoms with Crippen molar-refractivity contribution in [3.8, 4) is 0 Å². The van der Waals surface area contributed by atoms with Crippen molar-refractivity contribution < 1.29 is 0 Å². The van der Waals surface area contributed by atoms with Crippen LogP contribution in [0.5, 0.6) is 0 Å². The molecule has 94 valence electrons. The quantitative estimate of drug-likeness (QED) is 0.841. The first-order chi connectivity index (χ1) is 8.38. The summed E-state index contributed by atoms with van der Waals surface area (Å²) in [5.74, 6) is 4.11.